The molecule has 1 aliphatic heterocycles. The molecule has 164 valence electrons. The zero-order valence-corrected chi connectivity index (χ0v) is 20.0. The zero-order chi connectivity index (χ0) is 21.1. The van der Waals surface area contributed by atoms with Crippen molar-refractivity contribution < 1.29 is 4.74 Å². The summed E-state index contributed by atoms with van der Waals surface area (Å²) >= 11 is 7.98. The first kappa shape index (κ1) is 22.2. The molecule has 1 aromatic carbocycles. The molecule has 4 nitrogen and oxygen atoms in total. The van der Waals surface area contributed by atoms with Gasteiger partial charge in [0, 0.05) is 42.1 Å². The number of ether oxygens (including phenoxy) is 1. The second-order valence-electron chi connectivity index (χ2n) is 8.91. The molecule has 6 heteroatoms. The van der Waals surface area contributed by atoms with Crippen LogP contribution < -0.4 is 0 Å². The van der Waals surface area contributed by atoms with Gasteiger partial charge in [0.1, 0.15) is 0 Å². The summed E-state index contributed by atoms with van der Waals surface area (Å²) in [6.07, 6.45) is 10.7. The Morgan fingerprint density at radius 3 is 2.53 bits per heavy atom. The molecule has 0 amide bonds. The van der Waals surface area contributed by atoms with Gasteiger partial charge in [-0.05, 0) is 74.5 Å². The lowest BCUT2D eigenvalue weighted by Gasteiger charge is -2.46. The van der Waals surface area contributed by atoms with Crippen LogP contribution in [0.3, 0.4) is 0 Å². The first-order valence-corrected chi connectivity index (χ1v) is 12.9. The molecule has 0 N–H and O–H groups in total. The molecular weight excluding hydrogens is 414 g/mol. The van der Waals surface area contributed by atoms with Crippen molar-refractivity contribution in [1.29, 1.82) is 0 Å². The van der Waals surface area contributed by atoms with Crippen LogP contribution in [0, 0.1) is 6.92 Å². The maximum absolute atomic E-state index is 6.26. The van der Waals surface area contributed by atoms with E-state index in [2.05, 4.69) is 41.5 Å². The van der Waals surface area contributed by atoms with Crippen LogP contribution in [0.25, 0.3) is 0 Å². The highest BCUT2D eigenvalue weighted by Crippen LogP contribution is 2.37. The summed E-state index contributed by atoms with van der Waals surface area (Å²) in [5, 5.41) is 5.28. The van der Waals surface area contributed by atoms with Gasteiger partial charge >= 0.3 is 0 Å². The van der Waals surface area contributed by atoms with Crippen molar-refractivity contribution in [3.05, 3.63) is 52.3 Å². The Kier molecular flexibility index (Phi) is 7.45. The minimum Gasteiger partial charge on any atom is -0.374 e. The Balaban J connectivity index is 1.43. The van der Waals surface area contributed by atoms with Crippen molar-refractivity contribution in [2.75, 3.05) is 25.2 Å². The van der Waals surface area contributed by atoms with Crippen molar-refractivity contribution in [1.82, 2.24) is 14.7 Å². The monoisotopic (exact) mass is 447 g/mol. The molecule has 4 rings (SSSR count). The van der Waals surface area contributed by atoms with Crippen LogP contribution in [0.15, 0.2) is 30.5 Å². The number of nitrogens with zero attached hydrogens (tertiary/aromatic N) is 3. The number of hydrogen-bond acceptors (Lipinski definition) is 4. The number of aromatic nitrogens is 2. The standard InChI is InChI=1S/C24H34ClN3OS/c1-17-24(13-26-27(17)2)19-6-10-21(11-7-19)28-14-23(16-30-3)29-15-22(28)12-18-4-8-20(25)9-5-18/h4-5,8-9,13,19,21-23H,6-7,10-12,14-16H2,1-3H3. The van der Waals surface area contributed by atoms with Crippen molar-refractivity contribution in [3.63, 3.8) is 0 Å². The van der Waals surface area contributed by atoms with Gasteiger partial charge in [-0.25, -0.2) is 0 Å². The van der Waals surface area contributed by atoms with Crippen LogP contribution in [0.4, 0.5) is 0 Å². The molecule has 0 spiro atoms. The van der Waals surface area contributed by atoms with Crippen LogP contribution >= 0.6 is 23.4 Å². The quantitative estimate of drug-likeness (QED) is 0.617. The summed E-state index contributed by atoms with van der Waals surface area (Å²) in [5.74, 6) is 1.74. The topological polar surface area (TPSA) is 30.3 Å². The smallest absolute Gasteiger partial charge is 0.0793 e. The molecule has 2 aromatic rings. The second kappa shape index (κ2) is 10.1. The molecule has 0 bridgehead atoms. The third kappa shape index (κ3) is 5.07. The summed E-state index contributed by atoms with van der Waals surface area (Å²) < 4.78 is 8.27. The van der Waals surface area contributed by atoms with Gasteiger partial charge in [0.05, 0.1) is 18.9 Å². The van der Waals surface area contributed by atoms with E-state index < -0.39 is 0 Å². The van der Waals surface area contributed by atoms with Gasteiger partial charge in [-0.1, -0.05) is 23.7 Å². The summed E-state index contributed by atoms with van der Waals surface area (Å²) in [4.78, 5) is 2.78. The lowest BCUT2D eigenvalue weighted by molar-refractivity contribution is -0.0750. The number of hydrogen-bond donors (Lipinski definition) is 0. The Morgan fingerprint density at radius 2 is 1.90 bits per heavy atom. The zero-order valence-electron chi connectivity index (χ0n) is 18.4. The molecule has 1 saturated heterocycles. The highest BCUT2D eigenvalue weighted by molar-refractivity contribution is 7.98. The second-order valence-corrected chi connectivity index (χ2v) is 10.3. The number of thioether (sulfide) groups is 1. The molecule has 2 heterocycles. The Morgan fingerprint density at radius 1 is 1.17 bits per heavy atom. The van der Waals surface area contributed by atoms with Crippen LogP contribution in [0.1, 0.15) is 48.4 Å². The van der Waals surface area contributed by atoms with Gasteiger partial charge in [-0.3, -0.25) is 9.58 Å². The predicted octanol–water partition coefficient (Wildman–Crippen LogP) is 5.08. The third-order valence-electron chi connectivity index (χ3n) is 7.02. The van der Waals surface area contributed by atoms with Crippen LogP contribution in [0.5, 0.6) is 0 Å². The van der Waals surface area contributed by atoms with Crippen molar-refractivity contribution in [2.45, 2.75) is 63.1 Å². The predicted molar refractivity (Wildman–Crippen MR) is 127 cm³/mol. The fourth-order valence-corrected chi connectivity index (χ4v) is 5.92. The van der Waals surface area contributed by atoms with Gasteiger partial charge in [0.25, 0.3) is 0 Å². The highest BCUT2D eigenvalue weighted by atomic mass is 35.5. The number of rotatable bonds is 6. The van der Waals surface area contributed by atoms with Crippen LogP contribution in [-0.4, -0.2) is 58.0 Å². The van der Waals surface area contributed by atoms with Gasteiger partial charge in [-0.2, -0.15) is 16.9 Å². The number of halogens is 1. The number of aryl methyl sites for hydroxylation is 1. The maximum atomic E-state index is 6.26. The molecule has 1 aliphatic carbocycles. The Bertz CT molecular complexity index is 816. The Hall–Kier alpha value is -1.01. The summed E-state index contributed by atoms with van der Waals surface area (Å²) in [6.45, 7) is 4.08. The van der Waals surface area contributed by atoms with E-state index in [4.69, 9.17) is 16.3 Å². The van der Waals surface area contributed by atoms with Crippen molar-refractivity contribution in [2.24, 2.45) is 7.05 Å². The number of morpholine rings is 1. The van der Waals surface area contributed by atoms with E-state index in [1.54, 1.807) is 0 Å². The van der Waals surface area contributed by atoms with Crippen LogP contribution in [-0.2, 0) is 18.2 Å². The first-order valence-electron chi connectivity index (χ1n) is 11.1. The van der Waals surface area contributed by atoms with E-state index in [0.29, 0.717) is 24.1 Å². The van der Waals surface area contributed by atoms with E-state index in [1.807, 2.05) is 35.6 Å². The minimum atomic E-state index is 0.347. The molecule has 2 aliphatic rings. The molecule has 0 radical (unpaired) electrons. The Labute approximate surface area is 190 Å². The molecule has 2 fully saturated rings. The molecule has 1 saturated carbocycles. The van der Waals surface area contributed by atoms with Gasteiger partial charge in [0.2, 0.25) is 0 Å². The SMILES string of the molecule is CSCC1CN(C2CCC(c3cnn(C)c3C)CC2)C(Cc2ccc(Cl)cc2)CO1. The number of benzene rings is 1. The van der Waals surface area contributed by atoms with E-state index in [0.717, 1.165) is 30.3 Å². The molecule has 2 atom stereocenters. The molecular formula is C24H34ClN3OS. The first-order chi connectivity index (χ1) is 14.5. The minimum absolute atomic E-state index is 0.347. The highest BCUT2D eigenvalue weighted by Gasteiger charge is 2.36. The van der Waals surface area contributed by atoms with Gasteiger partial charge in [-0.15, -0.1) is 0 Å². The van der Waals surface area contributed by atoms with Crippen molar-refractivity contribution >= 4 is 23.4 Å². The average molecular weight is 448 g/mol. The van der Waals surface area contributed by atoms with Gasteiger partial charge < -0.3 is 4.74 Å². The van der Waals surface area contributed by atoms with E-state index in [9.17, 15) is 0 Å². The van der Waals surface area contributed by atoms with E-state index in [-0.39, 0.29) is 0 Å². The van der Waals surface area contributed by atoms with E-state index in [1.165, 1.54) is 42.5 Å². The van der Waals surface area contributed by atoms with Crippen molar-refractivity contribution in [3.8, 4) is 0 Å². The largest absolute Gasteiger partial charge is 0.374 e. The molecule has 30 heavy (non-hydrogen) atoms. The lowest BCUT2D eigenvalue weighted by atomic mass is 9.80. The fraction of sp³-hybridized carbons (Fsp3) is 0.625. The van der Waals surface area contributed by atoms with E-state index >= 15 is 0 Å². The molecule has 2 unspecified atom stereocenters. The summed E-state index contributed by atoms with van der Waals surface area (Å²) in [5.41, 5.74) is 4.13. The lowest BCUT2D eigenvalue weighted by Crippen LogP contribution is -2.56. The fourth-order valence-electron chi connectivity index (χ4n) is 5.22. The summed E-state index contributed by atoms with van der Waals surface area (Å²) in [7, 11) is 2.05. The maximum Gasteiger partial charge on any atom is 0.0793 e. The third-order valence-corrected chi connectivity index (χ3v) is 7.98. The normalized spacial score (nSPS) is 28.0. The van der Waals surface area contributed by atoms with Gasteiger partial charge in [0.15, 0.2) is 0 Å². The van der Waals surface area contributed by atoms with Crippen LogP contribution in [0.2, 0.25) is 5.02 Å². The summed E-state index contributed by atoms with van der Waals surface area (Å²) in [6, 6.07) is 9.44. The molecule has 1 aromatic heterocycles. The average Bonchev–Trinajstić information content (AvgIpc) is 3.09.